The molecule has 1 N–H and O–H groups in total. The third-order valence-electron chi connectivity index (χ3n) is 3.90. The molecule has 0 spiro atoms. The van der Waals surface area contributed by atoms with Gasteiger partial charge in [-0.15, -0.1) is 4.37 Å². The van der Waals surface area contributed by atoms with E-state index in [1.165, 1.54) is 37.5 Å². The van der Waals surface area contributed by atoms with E-state index in [0.717, 1.165) is 30.5 Å². The molecule has 0 amide bonds. The summed E-state index contributed by atoms with van der Waals surface area (Å²) in [5, 5.41) is 3.62. The van der Waals surface area contributed by atoms with Gasteiger partial charge in [-0.3, -0.25) is 0 Å². The van der Waals surface area contributed by atoms with E-state index in [1.807, 2.05) is 0 Å². The first-order valence-electron chi connectivity index (χ1n) is 6.57. The highest BCUT2D eigenvalue weighted by molar-refractivity contribution is 6.99. The standard InChI is InChI=1S/C12H19N3OS/c1-2-5-16-12-11(14-17-15-12)9-6-8-3-4-10(9)13-7-8/h8-10,13H,2-7H2,1H3/t8?,9-,10?/m0/s1. The Morgan fingerprint density at radius 3 is 3.00 bits per heavy atom. The van der Waals surface area contributed by atoms with Crippen LogP contribution in [0, 0.1) is 5.92 Å². The van der Waals surface area contributed by atoms with Crippen molar-refractivity contribution in [3.05, 3.63) is 5.69 Å². The van der Waals surface area contributed by atoms with Crippen LogP contribution in [0.15, 0.2) is 0 Å². The summed E-state index contributed by atoms with van der Waals surface area (Å²) < 4.78 is 14.5. The highest BCUT2D eigenvalue weighted by Crippen LogP contribution is 2.41. The Morgan fingerprint density at radius 2 is 2.35 bits per heavy atom. The van der Waals surface area contributed by atoms with E-state index in [2.05, 4.69) is 21.0 Å². The van der Waals surface area contributed by atoms with E-state index < -0.39 is 0 Å². The highest BCUT2D eigenvalue weighted by Gasteiger charge is 2.39. The molecule has 2 saturated heterocycles. The molecule has 94 valence electrons. The minimum absolute atomic E-state index is 0.521. The lowest BCUT2D eigenvalue weighted by Gasteiger charge is -2.42. The summed E-state index contributed by atoms with van der Waals surface area (Å²) in [6.07, 6.45) is 4.93. The van der Waals surface area contributed by atoms with Crippen LogP contribution in [0.4, 0.5) is 0 Å². The smallest absolute Gasteiger partial charge is 0.249 e. The fourth-order valence-electron chi connectivity index (χ4n) is 3.02. The fraction of sp³-hybridized carbons (Fsp3) is 0.833. The first-order chi connectivity index (χ1) is 8.38. The van der Waals surface area contributed by atoms with Crippen molar-refractivity contribution in [1.82, 2.24) is 14.1 Å². The van der Waals surface area contributed by atoms with E-state index in [4.69, 9.17) is 4.74 Å². The summed E-state index contributed by atoms with van der Waals surface area (Å²) in [6, 6.07) is 0.591. The van der Waals surface area contributed by atoms with E-state index in [0.29, 0.717) is 12.0 Å². The van der Waals surface area contributed by atoms with Gasteiger partial charge in [-0.2, -0.15) is 4.37 Å². The topological polar surface area (TPSA) is 47.0 Å². The molecule has 0 radical (unpaired) electrons. The van der Waals surface area contributed by atoms with Crippen molar-refractivity contribution in [2.24, 2.45) is 5.92 Å². The lowest BCUT2D eigenvalue weighted by atomic mass is 9.73. The average Bonchev–Trinajstić information content (AvgIpc) is 2.86. The number of hydrogen-bond acceptors (Lipinski definition) is 5. The van der Waals surface area contributed by atoms with Crippen molar-refractivity contribution < 1.29 is 4.74 Å². The second-order valence-electron chi connectivity index (χ2n) is 5.10. The number of nitrogens with zero attached hydrogens (tertiary/aromatic N) is 2. The van der Waals surface area contributed by atoms with Gasteiger partial charge >= 0.3 is 0 Å². The maximum atomic E-state index is 5.70. The number of aromatic nitrogens is 2. The summed E-state index contributed by atoms with van der Waals surface area (Å²) in [5.74, 6) is 2.13. The monoisotopic (exact) mass is 253 g/mol. The SMILES string of the molecule is CCCOc1nsnc1[C@H]1CC2CCC1NC2. The molecule has 4 rings (SSSR count). The van der Waals surface area contributed by atoms with Gasteiger partial charge in [0, 0.05) is 12.0 Å². The molecule has 2 aliphatic heterocycles. The maximum absolute atomic E-state index is 5.70. The third-order valence-corrected chi connectivity index (χ3v) is 4.43. The Balaban J connectivity index is 1.77. The summed E-state index contributed by atoms with van der Waals surface area (Å²) in [6.45, 7) is 4.04. The van der Waals surface area contributed by atoms with E-state index in [-0.39, 0.29) is 0 Å². The molecule has 5 heteroatoms. The van der Waals surface area contributed by atoms with Crippen LogP contribution in [0.5, 0.6) is 5.88 Å². The average molecular weight is 253 g/mol. The van der Waals surface area contributed by atoms with Gasteiger partial charge in [0.05, 0.1) is 18.3 Å². The van der Waals surface area contributed by atoms with Crippen LogP contribution >= 0.6 is 11.7 Å². The van der Waals surface area contributed by atoms with Crippen LogP contribution in [-0.4, -0.2) is 27.9 Å². The molecule has 17 heavy (non-hydrogen) atoms. The Kier molecular flexibility index (Phi) is 3.29. The van der Waals surface area contributed by atoms with Crippen molar-refractivity contribution in [3.8, 4) is 5.88 Å². The van der Waals surface area contributed by atoms with Gasteiger partial charge in [-0.25, -0.2) is 0 Å². The van der Waals surface area contributed by atoms with Crippen molar-refractivity contribution in [1.29, 1.82) is 0 Å². The molecule has 3 aliphatic rings. The van der Waals surface area contributed by atoms with Gasteiger partial charge in [0.25, 0.3) is 0 Å². The predicted molar refractivity (Wildman–Crippen MR) is 67.6 cm³/mol. The van der Waals surface area contributed by atoms with Crippen LogP contribution in [0.25, 0.3) is 0 Å². The van der Waals surface area contributed by atoms with Crippen molar-refractivity contribution >= 4 is 11.7 Å². The fourth-order valence-corrected chi connectivity index (χ4v) is 3.58. The molecular formula is C12H19N3OS. The van der Waals surface area contributed by atoms with Crippen LogP contribution in [0.2, 0.25) is 0 Å². The van der Waals surface area contributed by atoms with E-state index >= 15 is 0 Å². The predicted octanol–water partition coefficient (Wildman–Crippen LogP) is 2.18. The summed E-state index contributed by atoms with van der Waals surface area (Å²) >= 11 is 1.28. The molecule has 1 aromatic heterocycles. The first kappa shape index (κ1) is 11.4. The molecular weight excluding hydrogens is 234 g/mol. The minimum Gasteiger partial charge on any atom is -0.476 e. The minimum atomic E-state index is 0.521. The molecule has 1 saturated carbocycles. The van der Waals surface area contributed by atoms with Crippen molar-refractivity contribution in [2.75, 3.05) is 13.2 Å². The third kappa shape index (κ3) is 2.18. The molecule has 3 atom stereocenters. The Labute approximate surface area is 106 Å². The number of hydrogen-bond donors (Lipinski definition) is 1. The largest absolute Gasteiger partial charge is 0.476 e. The lowest BCUT2D eigenvalue weighted by Crippen LogP contribution is -2.49. The second kappa shape index (κ2) is 4.90. The van der Waals surface area contributed by atoms with Gasteiger partial charge in [-0.05, 0) is 38.1 Å². The molecule has 1 aromatic rings. The van der Waals surface area contributed by atoms with Gasteiger partial charge in [-0.1, -0.05) is 6.92 Å². The Morgan fingerprint density at radius 1 is 1.41 bits per heavy atom. The summed E-state index contributed by atoms with van der Waals surface area (Å²) in [5.41, 5.74) is 1.10. The van der Waals surface area contributed by atoms with E-state index in [9.17, 15) is 0 Å². The van der Waals surface area contributed by atoms with Gasteiger partial charge in [0.1, 0.15) is 5.69 Å². The van der Waals surface area contributed by atoms with E-state index in [1.54, 1.807) is 0 Å². The molecule has 0 aromatic carbocycles. The normalized spacial score (nSPS) is 31.7. The Hall–Kier alpha value is -0.680. The Bertz CT molecular complexity index is 374. The zero-order valence-electron chi connectivity index (χ0n) is 10.2. The quantitative estimate of drug-likeness (QED) is 0.893. The van der Waals surface area contributed by atoms with Crippen molar-refractivity contribution in [3.63, 3.8) is 0 Å². The molecule has 3 fully saturated rings. The molecule has 3 heterocycles. The number of fused-ring (bicyclic) bond motifs is 3. The molecule has 2 unspecified atom stereocenters. The van der Waals surface area contributed by atoms with Crippen LogP contribution in [-0.2, 0) is 0 Å². The first-order valence-corrected chi connectivity index (χ1v) is 7.30. The van der Waals surface area contributed by atoms with Gasteiger partial charge in [0.2, 0.25) is 5.88 Å². The van der Waals surface area contributed by atoms with Gasteiger partial charge in [0.15, 0.2) is 0 Å². The lowest BCUT2D eigenvalue weighted by molar-refractivity contribution is 0.177. The molecule has 2 bridgehead atoms. The number of rotatable bonds is 4. The van der Waals surface area contributed by atoms with Crippen molar-refractivity contribution in [2.45, 2.75) is 44.6 Å². The number of ether oxygens (including phenoxy) is 1. The molecule has 4 nitrogen and oxygen atoms in total. The zero-order valence-corrected chi connectivity index (χ0v) is 11.0. The van der Waals surface area contributed by atoms with Crippen LogP contribution in [0.3, 0.4) is 0 Å². The summed E-state index contributed by atoms with van der Waals surface area (Å²) in [4.78, 5) is 0. The van der Waals surface area contributed by atoms with Gasteiger partial charge < -0.3 is 10.1 Å². The second-order valence-corrected chi connectivity index (χ2v) is 5.63. The maximum Gasteiger partial charge on any atom is 0.249 e. The van der Waals surface area contributed by atoms with Crippen LogP contribution in [0.1, 0.15) is 44.2 Å². The summed E-state index contributed by atoms with van der Waals surface area (Å²) in [7, 11) is 0. The van der Waals surface area contributed by atoms with Crippen LogP contribution < -0.4 is 10.1 Å². The number of piperidine rings is 2. The zero-order chi connectivity index (χ0) is 11.7. The highest BCUT2D eigenvalue weighted by atomic mass is 32.1. The molecule has 1 aliphatic carbocycles. The number of nitrogens with one attached hydrogen (secondary N) is 1.